The molecule has 2 aromatic heterocycles. The molecule has 0 N–H and O–H groups in total. The van der Waals surface area contributed by atoms with Crippen LogP contribution >= 0.6 is 0 Å². The molecule has 4 heteroatoms. The van der Waals surface area contributed by atoms with Gasteiger partial charge in [-0.1, -0.05) is 18.2 Å². The van der Waals surface area contributed by atoms with Crippen LogP contribution in [0.25, 0.3) is 22.5 Å². The van der Waals surface area contributed by atoms with Crippen LogP contribution in [0.3, 0.4) is 0 Å². The normalized spacial score (nSPS) is 10.5. The molecule has 3 rings (SSSR count). The van der Waals surface area contributed by atoms with E-state index in [0.717, 1.165) is 22.5 Å². The van der Waals surface area contributed by atoms with E-state index in [1.807, 2.05) is 24.3 Å². The van der Waals surface area contributed by atoms with Gasteiger partial charge in [-0.3, -0.25) is 0 Å². The van der Waals surface area contributed by atoms with Crippen molar-refractivity contribution in [2.24, 2.45) is 0 Å². The first-order valence-corrected chi connectivity index (χ1v) is 4.81. The first-order chi connectivity index (χ1) is 7.93. The van der Waals surface area contributed by atoms with Gasteiger partial charge in [0.25, 0.3) is 0 Å². The summed E-state index contributed by atoms with van der Waals surface area (Å²) in [7, 11) is 0. The highest BCUT2D eigenvalue weighted by molar-refractivity contribution is 5.68. The Bertz CT molecular complexity index is 521. The Balaban J connectivity index is 2.07. The fourth-order valence-electron chi connectivity index (χ4n) is 1.55. The van der Waals surface area contributed by atoms with Crippen molar-refractivity contribution >= 4 is 0 Å². The summed E-state index contributed by atoms with van der Waals surface area (Å²) in [5, 5.41) is 0. The summed E-state index contributed by atoms with van der Waals surface area (Å²) < 4.78 is 9.91. The van der Waals surface area contributed by atoms with Crippen molar-refractivity contribution in [3.63, 3.8) is 0 Å². The second kappa shape index (κ2) is 3.66. The zero-order valence-electron chi connectivity index (χ0n) is 8.33. The minimum atomic E-state index is 0.811. The quantitative estimate of drug-likeness (QED) is 0.655. The highest BCUT2D eigenvalue weighted by Crippen LogP contribution is 2.23. The average molecular weight is 212 g/mol. The number of rotatable bonds is 2. The van der Waals surface area contributed by atoms with E-state index in [1.54, 1.807) is 12.5 Å². The lowest BCUT2D eigenvalue weighted by atomic mass is 10.1. The minimum absolute atomic E-state index is 0.811. The van der Waals surface area contributed by atoms with E-state index in [0.29, 0.717) is 0 Å². The Morgan fingerprint density at radius 3 is 1.81 bits per heavy atom. The lowest BCUT2D eigenvalue weighted by Crippen LogP contribution is -1.80. The predicted octanol–water partition coefficient (Wildman–Crippen LogP) is 3.00. The van der Waals surface area contributed by atoms with Gasteiger partial charge in [0.2, 0.25) is 0 Å². The number of benzene rings is 1. The molecular formula is C12H8N2O2. The first kappa shape index (κ1) is 8.91. The summed E-state index contributed by atoms with van der Waals surface area (Å²) in [5.74, 6) is 0. The van der Waals surface area contributed by atoms with Crippen molar-refractivity contribution in [2.75, 3.05) is 0 Å². The molecule has 1 aromatic carbocycles. The minimum Gasteiger partial charge on any atom is -0.451 e. The molecular weight excluding hydrogens is 204 g/mol. The van der Waals surface area contributed by atoms with Gasteiger partial charge in [0, 0.05) is 11.1 Å². The van der Waals surface area contributed by atoms with Crippen molar-refractivity contribution < 1.29 is 8.83 Å². The lowest BCUT2D eigenvalue weighted by molar-refractivity contribution is 0.558. The predicted molar refractivity (Wildman–Crippen MR) is 57.4 cm³/mol. The van der Waals surface area contributed by atoms with Crippen LogP contribution in [0.2, 0.25) is 0 Å². The van der Waals surface area contributed by atoms with Crippen LogP contribution in [0.1, 0.15) is 0 Å². The fourth-order valence-corrected chi connectivity index (χ4v) is 1.55. The summed E-state index contributed by atoms with van der Waals surface area (Å²) in [5.41, 5.74) is 3.61. The molecule has 0 saturated carbocycles. The maximum atomic E-state index is 4.95. The second-order valence-corrected chi connectivity index (χ2v) is 3.33. The Morgan fingerprint density at radius 2 is 1.38 bits per heavy atom. The van der Waals surface area contributed by atoms with Gasteiger partial charge >= 0.3 is 0 Å². The molecule has 2 heterocycles. The van der Waals surface area contributed by atoms with Gasteiger partial charge in [-0.25, -0.2) is 9.97 Å². The largest absolute Gasteiger partial charge is 0.451 e. The highest BCUT2D eigenvalue weighted by atomic mass is 16.3. The van der Waals surface area contributed by atoms with Crippen molar-refractivity contribution in [1.82, 2.24) is 9.97 Å². The summed E-state index contributed by atoms with van der Waals surface area (Å²) in [4.78, 5) is 8.20. The Labute approximate surface area is 91.6 Å². The van der Waals surface area contributed by atoms with Crippen molar-refractivity contribution in [2.45, 2.75) is 0 Å². The molecule has 78 valence electrons. The zero-order valence-corrected chi connectivity index (χ0v) is 8.33. The van der Waals surface area contributed by atoms with Gasteiger partial charge in [-0.15, -0.1) is 0 Å². The van der Waals surface area contributed by atoms with Gasteiger partial charge in [-0.05, 0) is 6.07 Å². The standard InChI is InChI=1S/C12H8N2O2/c1-2-9(11-5-15-7-13-11)4-10(3-1)12-6-16-8-14-12/h1-8H. The van der Waals surface area contributed by atoms with E-state index in [-0.39, 0.29) is 0 Å². The summed E-state index contributed by atoms with van der Waals surface area (Å²) in [6.07, 6.45) is 6.06. The molecule has 0 aliphatic heterocycles. The Hall–Kier alpha value is -2.36. The van der Waals surface area contributed by atoms with E-state index in [2.05, 4.69) is 9.97 Å². The van der Waals surface area contributed by atoms with Gasteiger partial charge < -0.3 is 8.83 Å². The first-order valence-electron chi connectivity index (χ1n) is 4.81. The van der Waals surface area contributed by atoms with Crippen LogP contribution in [0.4, 0.5) is 0 Å². The smallest absolute Gasteiger partial charge is 0.181 e. The van der Waals surface area contributed by atoms with Crippen LogP contribution in [-0.2, 0) is 0 Å². The molecule has 3 aromatic rings. The molecule has 0 atom stereocenters. The maximum Gasteiger partial charge on any atom is 0.181 e. The van der Waals surface area contributed by atoms with Crippen molar-refractivity contribution in [3.05, 3.63) is 49.6 Å². The van der Waals surface area contributed by atoms with E-state index in [4.69, 9.17) is 8.83 Å². The monoisotopic (exact) mass is 212 g/mol. The molecule has 16 heavy (non-hydrogen) atoms. The molecule has 0 saturated heterocycles. The zero-order chi connectivity index (χ0) is 10.8. The molecule has 0 spiro atoms. The Morgan fingerprint density at radius 1 is 0.812 bits per heavy atom. The summed E-state index contributed by atoms with van der Waals surface area (Å²) in [6.45, 7) is 0. The van der Waals surface area contributed by atoms with Crippen LogP contribution in [0.5, 0.6) is 0 Å². The number of hydrogen-bond acceptors (Lipinski definition) is 4. The highest BCUT2D eigenvalue weighted by Gasteiger charge is 2.04. The molecule has 0 unspecified atom stereocenters. The number of aromatic nitrogens is 2. The number of hydrogen-bond donors (Lipinski definition) is 0. The molecule has 0 aliphatic rings. The molecule has 0 amide bonds. The lowest BCUT2D eigenvalue weighted by Gasteiger charge is -1.99. The molecule has 0 radical (unpaired) electrons. The van der Waals surface area contributed by atoms with Crippen LogP contribution in [0, 0.1) is 0 Å². The summed E-state index contributed by atoms with van der Waals surface area (Å²) in [6, 6.07) is 7.90. The molecule has 0 fully saturated rings. The van der Waals surface area contributed by atoms with Gasteiger partial charge in [0.15, 0.2) is 12.8 Å². The third kappa shape index (κ3) is 1.50. The average Bonchev–Trinajstić information content (AvgIpc) is 3.03. The van der Waals surface area contributed by atoms with E-state index in [9.17, 15) is 0 Å². The SMILES string of the molecule is c1cc(-c2cocn2)cc(-c2cocn2)c1. The maximum absolute atomic E-state index is 4.95. The second-order valence-electron chi connectivity index (χ2n) is 3.33. The van der Waals surface area contributed by atoms with E-state index < -0.39 is 0 Å². The Kier molecular flexibility index (Phi) is 2.04. The number of nitrogens with zero attached hydrogens (tertiary/aromatic N) is 2. The van der Waals surface area contributed by atoms with E-state index >= 15 is 0 Å². The van der Waals surface area contributed by atoms with Gasteiger partial charge in [0.05, 0.1) is 0 Å². The van der Waals surface area contributed by atoms with Crippen molar-refractivity contribution in [3.8, 4) is 22.5 Å². The van der Waals surface area contributed by atoms with Crippen LogP contribution in [-0.4, -0.2) is 9.97 Å². The molecule has 0 aliphatic carbocycles. The van der Waals surface area contributed by atoms with Gasteiger partial charge in [-0.2, -0.15) is 0 Å². The number of oxazole rings is 2. The molecule has 0 bridgehead atoms. The van der Waals surface area contributed by atoms with Gasteiger partial charge in [0.1, 0.15) is 23.9 Å². The third-order valence-corrected chi connectivity index (χ3v) is 2.32. The third-order valence-electron chi connectivity index (χ3n) is 2.32. The fraction of sp³-hybridized carbons (Fsp3) is 0. The van der Waals surface area contributed by atoms with Crippen LogP contribution < -0.4 is 0 Å². The topological polar surface area (TPSA) is 52.1 Å². The molecule has 4 nitrogen and oxygen atoms in total. The summed E-state index contributed by atoms with van der Waals surface area (Å²) >= 11 is 0. The van der Waals surface area contributed by atoms with E-state index in [1.165, 1.54) is 12.8 Å². The van der Waals surface area contributed by atoms with Crippen LogP contribution in [0.15, 0.2) is 58.4 Å². The van der Waals surface area contributed by atoms with Crippen molar-refractivity contribution in [1.29, 1.82) is 0 Å².